The number of hydrogen-bond donors (Lipinski definition) is 2. The summed E-state index contributed by atoms with van der Waals surface area (Å²) in [5, 5.41) is 22.8. The third-order valence-electron chi connectivity index (χ3n) is 2.87. The number of nitro groups is 1. The summed E-state index contributed by atoms with van der Waals surface area (Å²) in [6.45, 7) is 0.0248. The zero-order valence-corrected chi connectivity index (χ0v) is 11.5. The average molecular weight is 302 g/mol. The van der Waals surface area contributed by atoms with Crippen molar-refractivity contribution in [1.29, 1.82) is 0 Å². The number of aliphatic hydroxyl groups excluding tert-OH is 1. The summed E-state index contributed by atoms with van der Waals surface area (Å²) in [5.41, 5.74) is 0.649. The molecule has 1 atom stereocenters. The van der Waals surface area contributed by atoms with Crippen LogP contribution in [-0.4, -0.2) is 22.5 Å². The number of non-ortho nitro benzene ring substituents is 1. The van der Waals surface area contributed by atoms with Gasteiger partial charge in [0.1, 0.15) is 11.9 Å². The minimum atomic E-state index is -0.910. The summed E-state index contributed by atoms with van der Waals surface area (Å²) in [4.78, 5) is 21.6. The molecular formula is C15H14N2O5. The van der Waals surface area contributed by atoms with E-state index in [1.165, 1.54) is 30.5 Å². The van der Waals surface area contributed by atoms with Crippen LogP contribution in [0.25, 0.3) is 6.08 Å². The van der Waals surface area contributed by atoms with Gasteiger partial charge in [-0.05, 0) is 35.9 Å². The Hall–Kier alpha value is -2.93. The van der Waals surface area contributed by atoms with Crippen LogP contribution in [0.3, 0.4) is 0 Å². The topological polar surface area (TPSA) is 106 Å². The van der Waals surface area contributed by atoms with Crippen LogP contribution in [0.4, 0.5) is 5.69 Å². The molecule has 2 aromatic rings. The largest absolute Gasteiger partial charge is 0.467 e. The number of carbonyl (C=O) groups is 1. The van der Waals surface area contributed by atoms with Gasteiger partial charge in [0.2, 0.25) is 5.91 Å². The molecule has 7 heteroatoms. The SMILES string of the molecule is O=C(/C=C/c1ccc([N+](=O)[O-])cc1)NCC(O)c1ccco1. The maximum Gasteiger partial charge on any atom is 0.269 e. The predicted octanol–water partition coefficient (Wildman–Crippen LogP) is 2.05. The van der Waals surface area contributed by atoms with E-state index >= 15 is 0 Å². The quantitative estimate of drug-likeness (QED) is 0.482. The Kier molecular flexibility index (Phi) is 5.05. The first-order valence-electron chi connectivity index (χ1n) is 6.48. The van der Waals surface area contributed by atoms with Gasteiger partial charge in [-0.1, -0.05) is 0 Å². The van der Waals surface area contributed by atoms with E-state index in [1.807, 2.05) is 0 Å². The zero-order chi connectivity index (χ0) is 15.9. The molecule has 0 bridgehead atoms. The van der Waals surface area contributed by atoms with E-state index in [0.717, 1.165) is 0 Å². The molecule has 1 amide bonds. The Bertz CT molecular complexity index is 662. The second-order valence-corrected chi connectivity index (χ2v) is 4.46. The molecule has 0 saturated carbocycles. The number of carbonyl (C=O) groups excluding carboxylic acids is 1. The van der Waals surface area contributed by atoms with Crippen molar-refractivity contribution in [3.8, 4) is 0 Å². The molecule has 2 rings (SSSR count). The van der Waals surface area contributed by atoms with E-state index in [0.29, 0.717) is 11.3 Å². The van der Waals surface area contributed by atoms with Gasteiger partial charge in [0, 0.05) is 18.2 Å². The van der Waals surface area contributed by atoms with E-state index in [4.69, 9.17) is 4.42 Å². The standard InChI is InChI=1S/C15H14N2O5/c18-13(14-2-1-9-22-14)10-16-15(19)8-5-11-3-6-12(7-4-11)17(20)21/h1-9,13,18H,10H2,(H,16,19)/b8-5+. The number of benzene rings is 1. The van der Waals surface area contributed by atoms with E-state index < -0.39 is 11.0 Å². The van der Waals surface area contributed by atoms with E-state index in [-0.39, 0.29) is 18.1 Å². The molecule has 0 saturated heterocycles. The summed E-state index contributed by atoms with van der Waals surface area (Å²) < 4.78 is 5.01. The molecule has 0 radical (unpaired) electrons. The number of amides is 1. The van der Waals surface area contributed by atoms with Crippen molar-refractivity contribution >= 4 is 17.7 Å². The fraction of sp³-hybridized carbons (Fsp3) is 0.133. The lowest BCUT2D eigenvalue weighted by Crippen LogP contribution is -2.26. The molecule has 0 aliphatic heterocycles. The van der Waals surface area contributed by atoms with Crippen molar-refractivity contribution in [3.05, 3.63) is 70.2 Å². The lowest BCUT2D eigenvalue weighted by atomic mass is 10.2. The van der Waals surface area contributed by atoms with Crippen molar-refractivity contribution in [2.75, 3.05) is 6.54 Å². The Morgan fingerprint density at radius 1 is 1.36 bits per heavy atom. The Morgan fingerprint density at radius 2 is 2.09 bits per heavy atom. The fourth-order valence-electron chi connectivity index (χ4n) is 1.72. The maximum absolute atomic E-state index is 11.6. The Labute approximate surface area is 126 Å². The van der Waals surface area contributed by atoms with Crippen LogP contribution < -0.4 is 5.32 Å². The highest BCUT2D eigenvalue weighted by Crippen LogP contribution is 2.13. The van der Waals surface area contributed by atoms with Crippen LogP contribution in [0.2, 0.25) is 0 Å². The minimum Gasteiger partial charge on any atom is -0.467 e. The summed E-state index contributed by atoms with van der Waals surface area (Å²) in [5.74, 6) is -0.0105. The third kappa shape index (κ3) is 4.29. The van der Waals surface area contributed by atoms with Gasteiger partial charge in [-0.3, -0.25) is 14.9 Å². The lowest BCUT2D eigenvalue weighted by Gasteiger charge is -2.07. The van der Waals surface area contributed by atoms with Crippen molar-refractivity contribution in [3.63, 3.8) is 0 Å². The molecule has 7 nitrogen and oxygen atoms in total. The van der Waals surface area contributed by atoms with Gasteiger partial charge < -0.3 is 14.8 Å². The minimum absolute atomic E-state index is 0.0110. The third-order valence-corrected chi connectivity index (χ3v) is 2.87. The van der Waals surface area contributed by atoms with E-state index in [1.54, 1.807) is 24.3 Å². The van der Waals surface area contributed by atoms with Gasteiger partial charge >= 0.3 is 0 Å². The van der Waals surface area contributed by atoms with Gasteiger partial charge in [0.25, 0.3) is 5.69 Å². The molecular weight excluding hydrogens is 288 g/mol. The fourth-order valence-corrected chi connectivity index (χ4v) is 1.72. The number of aliphatic hydroxyl groups is 1. The first-order chi connectivity index (χ1) is 10.6. The second-order valence-electron chi connectivity index (χ2n) is 4.46. The number of furan rings is 1. The number of nitrogens with zero attached hydrogens (tertiary/aromatic N) is 1. The van der Waals surface area contributed by atoms with Crippen LogP contribution in [0, 0.1) is 10.1 Å². The lowest BCUT2D eigenvalue weighted by molar-refractivity contribution is -0.384. The predicted molar refractivity (Wildman–Crippen MR) is 78.8 cm³/mol. The highest BCUT2D eigenvalue weighted by atomic mass is 16.6. The normalized spacial score (nSPS) is 12.2. The monoisotopic (exact) mass is 302 g/mol. The molecule has 1 heterocycles. The number of rotatable bonds is 6. The molecule has 0 aliphatic rings. The molecule has 1 aromatic carbocycles. The van der Waals surface area contributed by atoms with Crippen LogP contribution in [0.5, 0.6) is 0 Å². The highest BCUT2D eigenvalue weighted by molar-refractivity contribution is 5.91. The number of nitrogens with one attached hydrogen (secondary N) is 1. The molecule has 22 heavy (non-hydrogen) atoms. The number of hydrogen-bond acceptors (Lipinski definition) is 5. The van der Waals surface area contributed by atoms with Gasteiger partial charge in [-0.15, -0.1) is 0 Å². The van der Waals surface area contributed by atoms with Crippen molar-refractivity contribution < 1.29 is 19.2 Å². The van der Waals surface area contributed by atoms with Crippen LogP contribution in [-0.2, 0) is 4.79 Å². The maximum atomic E-state index is 11.6. The zero-order valence-electron chi connectivity index (χ0n) is 11.5. The first kappa shape index (κ1) is 15.5. The second kappa shape index (κ2) is 7.19. The molecule has 1 aromatic heterocycles. The van der Waals surface area contributed by atoms with E-state index in [9.17, 15) is 20.0 Å². The Balaban J connectivity index is 1.84. The smallest absolute Gasteiger partial charge is 0.269 e. The molecule has 1 unspecified atom stereocenters. The van der Waals surface area contributed by atoms with Crippen LogP contribution >= 0.6 is 0 Å². The average Bonchev–Trinajstić information content (AvgIpc) is 3.05. The van der Waals surface area contributed by atoms with Gasteiger partial charge in [-0.25, -0.2) is 0 Å². The van der Waals surface area contributed by atoms with Crippen molar-refractivity contribution in [1.82, 2.24) is 5.32 Å². The summed E-state index contributed by atoms with van der Waals surface area (Å²) in [6, 6.07) is 9.06. The van der Waals surface area contributed by atoms with Gasteiger partial charge in [-0.2, -0.15) is 0 Å². The van der Waals surface area contributed by atoms with Crippen LogP contribution in [0.1, 0.15) is 17.4 Å². The van der Waals surface area contributed by atoms with Crippen LogP contribution in [0.15, 0.2) is 53.2 Å². The van der Waals surface area contributed by atoms with E-state index in [2.05, 4.69) is 5.32 Å². The molecule has 114 valence electrons. The highest BCUT2D eigenvalue weighted by Gasteiger charge is 2.10. The molecule has 0 aliphatic carbocycles. The molecule has 2 N–H and O–H groups in total. The number of nitro benzene ring substituents is 1. The van der Waals surface area contributed by atoms with Gasteiger partial charge in [0.15, 0.2) is 0 Å². The Morgan fingerprint density at radius 3 is 2.68 bits per heavy atom. The van der Waals surface area contributed by atoms with Gasteiger partial charge in [0.05, 0.1) is 17.7 Å². The summed E-state index contributed by atoms with van der Waals surface area (Å²) in [7, 11) is 0. The van der Waals surface area contributed by atoms with Crippen molar-refractivity contribution in [2.24, 2.45) is 0 Å². The first-order valence-corrected chi connectivity index (χ1v) is 6.48. The molecule has 0 fully saturated rings. The molecule has 0 spiro atoms. The summed E-state index contributed by atoms with van der Waals surface area (Å²) in [6.07, 6.45) is 3.34. The van der Waals surface area contributed by atoms with Crippen molar-refractivity contribution in [2.45, 2.75) is 6.10 Å². The summed E-state index contributed by atoms with van der Waals surface area (Å²) >= 11 is 0.